The van der Waals surface area contributed by atoms with Crippen molar-refractivity contribution >= 4 is 22.6 Å². The molecule has 64 valence electrons. The van der Waals surface area contributed by atoms with Crippen molar-refractivity contribution in [3.05, 3.63) is 10.2 Å². The van der Waals surface area contributed by atoms with E-state index >= 15 is 0 Å². The number of halogens is 1. The van der Waals surface area contributed by atoms with Crippen molar-refractivity contribution < 1.29 is 9.47 Å². The fourth-order valence-electron chi connectivity index (χ4n) is 1.08. The van der Waals surface area contributed by atoms with E-state index in [1.807, 2.05) is 17.9 Å². The normalized spacial score (nSPS) is 29.9. The molecule has 0 unspecified atom stereocenters. The van der Waals surface area contributed by atoms with Crippen LogP contribution in [0.2, 0.25) is 0 Å². The van der Waals surface area contributed by atoms with Crippen LogP contribution in [-0.2, 0) is 9.47 Å². The zero-order chi connectivity index (χ0) is 8.32. The predicted molar refractivity (Wildman–Crippen MR) is 52.7 cm³/mol. The molecule has 0 bridgehead atoms. The lowest BCUT2D eigenvalue weighted by Gasteiger charge is -2.16. The second kappa shape index (κ2) is 3.87. The van der Waals surface area contributed by atoms with Crippen molar-refractivity contribution in [1.82, 2.24) is 0 Å². The molecule has 0 spiro atoms. The van der Waals surface area contributed by atoms with Crippen LogP contribution in [-0.4, -0.2) is 18.5 Å². The van der Waals surface area contributed by atoms with Gasteiger partial charge in [-0.3, -0.25) is 0 Å². The van der Waals surface area contributed by atoms with E-state index in [9.17, 15) is 0 Å². The van der Waals surface area contributed by atoms with E-state index in [2.05, 4.69) is 28.7 Å². The van der Waals surface area contributed by atoms with Gasteiger partial charge in [0.25, 0.3) is 0 Å². The zero-order valence-corrected chi connectivity index (χ0v) is 9.00. The van der Waals surface area contributed by atoms with Gasteiger partial charge in [0.1, 0.15) is 0 Å². The highest BCUT2D eigenvalue weighted by atomic mass is 127. The highest BCUT2D eigenvalue weighted by Crippen LogP contribution is 2.24. The Morgan fingerprint density at radius 1 is 1.64 bits per heavy atom. The summed E-state index contributed by atoms with van der Waals surface area (Å²) in [5.41, 5.74) is 0. The minimum Gasteiger partial charge on any atom is -0.348 e. The van der Waals surface area contributed by atoms with E-state index in [0.29, 0.717) is 6.61 Å². The number of hydrogen-bond acceptors (Lipinski definition) is 2. The van der Waals surface area contributed by atoms with Gasteiger partial charge >= 0.3 is 0 Å². The summed E-state index contributed by atoms with van der Waals surface area (Å²) < 4.78 is 13.0. The maximum absolute atomic E-state index is 5.57. The van der Waals surface area contributed by atoms with Gasteiger partial charge in [-0.25, -0.2) is 0 Å². The van der Waals surface area contributed by atoms with Gasteiger partial charge in [0, 0.05) is 0 Å². The van der Waals surface area contributed by atoms with Crippen LogP contribution in [0.25, 0.3) is 0 Å². The van der Waals surface area contributed by atoms with Crippen LogP contribution in [0.4, 0.5) is 0 Å². The molecule has 0 aromatic carbocycles. The summed E-state index contributed by atoms with van der Waals surface area (Å²) in [6.07, 6.45) is 3.29. The van der Waals surface area contributed by atoms with Crippen molar-refractivity contribution in [3.8, 4) is 0 Å². The second-order valence-corrected chi connectivity index (χ2v) is 3.77. The van der Waals surface area contributed by atoms with Crippen LogP contribution in [0.5, 0.6) is 0 Å². The minimum atomic E-state index is -0.371. The number of ether oxygens (including phenoxy) is 2. The molecule has 1 heterocycles. The first-order chi connectivity index (χ1) is 5.14. The first-order valence-corrected chi connectivity index (χ1v) is 4.95. The topological polar surface area (TPSA) is 18.5 Å². The SMILES string of the molecule is CC1(C)OC[C@H](C/C=C/I)O1. The Labute approximate surface area is 81.1 Å². The standard InChI is InChI=1S/C8H13IO2/c1-8(2)10-6-7(11-8)4-3-5-9/h3,5,7H,4,6H2,1-2H3/b5-3+/t7-/m0/s1. The Bertz CT molecular complexity index is 154. The van der Waals surface area contributed by atoms with Gasteiger partial charge in [-0.2, -0.15) is 0 Å². The summed E-state index contributed by atoms with van der Waals surface area (Å²) in [7, 11) is 0. The van der Waals surface area contributed by atoms with Gasteiger partial charge in [0.15, 0.2) is 5.79 Å². The molecule has 0 aromatic heterocycles. The van der Waals surface area contributed by atoms with Crippen LogP contribution >= 0.6 is 22.6 Å². The van der Waals surface area contributed by atoms with Crippen LogP contribution in [0.1, 0.15) is 20.3 Å². The van der Waals surface area contributed by atoms with E-state index in [1.165, 1.54) is 0 Å². The molecular weight excluding hydrogens is 255 g/mol. The van der Waals surface area contributed by atoms with Crippen molar-refractivity contribution in [2.75, 3.05) is 6.61 Å². The Kier molecular flexibility index (Phi) is 3.33. The lowest BCUT2D eigenvalue weighted by molar-refractivity contribution is -0.137. The highest BCUT2D eigenvalue weighted by Gasteiger charge is 2.31. The third-order valence-electron chi connectivity index (χ3n) is 1.56. The van der Waals surface area contributed by atoms with Gasteiger partial charge in [0.2, 0.25) is 0 Å². The van der Waals surface area contributed by atoms with Crippen molar-refractivity contribution in [1.29, 1.82) is 0 Å². The first-order valence-electron chi connectivity index (χ1n) is 3.71. The highest BCUT2D eigenvalue weighted by molar-refractivity contribution is 14.1. The molecule has 1 aliphatic rings. The molecule has 1 saturated heterocycles. The Morgan fingerprint density at radius 2 is 2.36 bits per heavy atom. The Hall–Kier alpha value is 0.390. The van der Waals surface area contributed by atoms with Gasteiger partial charge in [0.05, 0.1) is 12.7 Å². The number of rotatable bonds is 2. The summed E-state index contributed by atoms with van der Waals surface area (Å²) in [6.45, 7) is 4.61. The molecule has 3 heteroatoms. The van der Waals surface area contributed by atoms with Gasteiger partial charge in [-0.05, 0) is 24.4 Å². The van der Waals surface area contributed by atoms with Crippen molar-refractivity contribution in [3.63, 3.8) is 0 Å². The van der Waals surface area contributed by atoms with Crippen LogP contribution in [0.15, 0.2) is 10.2 Å². The molecule has 0 saturated carbocycles. The third kappa shape index (κ3) is 3.09. The largest absolute Gasteiger partial charge is 0.348 e. The fraction of sp³-hybridized carbons (Fsp3) is 0.750. The zero-order valence-electron chi connectivity index (χ0n) is 6.84. The van der Waals surface area contributed by atoms with Gasteiger partial charge < -0.3 is 9.47 Å². The molecule has 0 N–H and O–H groups in total. The van der Waals surface area contributed by atoms with Crippen LogP contribution in [0, 0.1) is 0 Å². The molecule has 1 rings (SSSR count). The smallest absolute Gasteiger partial charge is 0.163 e. The molecule has 1 aliphatic heterocycles. The van der Waals surface area contributed by atoms with Gasteiger partial charge in [-0.1, -0.05) is 28.7 Å². The molecular formula is C8H13IO2. The monoisotopic (exact) mass is 268 g/mol. The molecule has 11 heavy (non-hydrogen) atoms. The Morgan fingerprint density at radius 3 is 2.82 bits per heavy atom. The third-order valence-corrected chi connectivity index (χ3v) is 2.06. The van der Waals surface area contributed by atoms with E-state index < -0.39 is 0 Å². The molecule has 1 atom stereocenters. The van der Waals surface area contributed by atoms with Crippen LogP contribution < -0.4 is 0 Å². The Balaban J connectivity index is 2.30. The summed E-state index contributed by atoms with van der Waals surface area (Å²) in [4.78, 5) is 0. The maximum atomic E-state index is 5.57. The number of hydrogen-bond donors (Lipinski definition) is 0. The minimum absolute atomic E-state index is 0.246. The molecule has 0 amide bonds. The van der Waals surface area contributed by atoms with E-state index in [-0.39, 0.29) is 11.9 Å². The average Bonchev–Trinajstić information content (AvgIpc) is 2.26. The fourth-order valence-corrected chi connectivity index (χ4v) is 1.38. The average molecular weight is 268 g/mol. The molecule has 0 aliphatic carbocycles. The molecule has 2 nitrogen and oxygen atoms in total. The molecule has 1 fully saturated rings. The van der Waals surface area contributed by atoms with Crippen molar-refractivity contribution in [2.45, 2.75) is 32.2 Å². The summed E-state index contributed by atoms with van der Waals surface area (Å²) in [6, 6.07) is 0. The van der Waals surface area contributed by atoms with E-state index in [1.54, 1.807) is 0 Å². The van der Waals surface area contributed by atoms with Crippen molar-refractivity contribution in [2.24, 2.45) is 0 Å². The quantitative estimate of drug-likeness (QED) is 0.716. The van der Waals surface area contributed by atoms with Gasteiger partial charge in [-0.15, -0.1) is 0 Å². The van der Waals surface area contributed by atoms with E-state index in [0.717, 1.165) is 6.42 Å². The summed E-state index contributed by atoms with van der Waals surface area (Å²) >= 11 is 2.21. The maximum Gasteiger partial charge on any atom is 0.163 e. The van der Waals surface area contributed by atoms with E-state index in [4.69, 9.17) is 9.47 Å². The molecule has 0 radical (unpaired) electrons. The second-order valence-electron chi connectivity index (χ2n) is 3.05. The summed E-state index contributed by atoms with van der Waals surface area (Å²) in [5, 5.41) is 0. The first kappa shape index (κ1) is 9.48. The lowest BCUT2D eigenvalue weighted by Crippen LogP contribution is -2.21. The lowest BCUT2D eigenvalue weighted by atomic mass is 10.3. The predicted octanol–water partition coefficient (Wildman–Crippen LogP) is 2.48. The summed E-state index contributed by atoms with van der Waals surface area (Å²) in [5.74, 6) is -0.371. The molecule has 0 aromatic rings. The van der Waals surface area contributed by atoms with Crippen LogP contribution in [0.3, 0.4) is 0 Å².